The number of rotatable bonds is 6. The molecule has 0 spiro atoms. The smallest absolute Gasteiger partial charge is 0.279 e. The van der Waals surface area contributed by atoms with Crippen LogP contribution in [0.25, 0.3) is 0 Å². The van der Waals surface area contributed by atoms with E-state index in [1.165, 1.54) is 0 Å². The Balaban J connectivity index is 1.85. The molecule has 1 unspecified atom stereocenters. The molecule has 7 heteroatoms. The molecule has 28 heavy (non-hydrogen) atoms. The summed E-state index contributed by atoms with van der Waals surface area (Å²) in [7, 11) is 0. The molecule has 0 saturated carbocycles. The fourth-order valence-corrected chi connectivity index (χ4v) is 2.23. The fraction of sp³-hybridized carbons (Fsp3) is 0.286. The summed E-state index contributed by atoms with van der Waals surface area (Å²) in [5.74, 6) is -0.615. The summed E-state index contributed by atoms with van der Waals surface area (Å²) in [5.41, 5.74) is 6.65. The van der Waals surface area contributed by atoms with Crippen LogP contribution >= 0.6 is 0 Å². The van der Waals surface area contributed by atoms with E-state index in [1.54, 1.807) is 51.1 Å². The van der Waals surface area contributed by atoms with Crippen LogP contribution in [0, 0.1) is 12.8 Å². The normalized spacial score (nSPS) is 11.5. The minimum atomic E-state index is -0.782. The van der Waals surface area contributed by atoms with Crippen LogP contribution in [-0.2, 0) is 9.59 Å². The first-order valence-corrected chi connectivity index (χ1v) is 9.00. The van der Waals surface area contributed by atoms with Crippen LogP contribution in [0.2, 0.25) is 0 Å². The lowest BCUT2D eigenvalue weighted by Gasteiger charge is -2.15. The van der Waals surface area contributed by atoms with Crippen molar-refractivity contribution in [1.82, 2.24) is 10.9 Å². The van der Waals surface area contributed by atoms with Crippen molar-refractivity contribution in [2.45, 2.75) is 33.8 Å². The van der Waals surface area contributed by atoms with Crippen LogP contribution in [-0.4, -0.2) is 23.8 Å². The number of benzene rings is 2. The Labute approximate surface area is 164 Å². The highest BCUT2D eigenvalue weighted by molar-refractivity contribution is 5.97. The zero-order chi connectivity index (χ0) is 20.7. The predicted octanol–water partition coefficient (Wildman–Crippen LogP) is 2.82. The highest BCUT2D eigenvalue weighted by Crippen LogP contribution is 2.14. The van der Waals surface area contributed by atoms with Gasteiger partial charge in [-0.25, -0.2) is 0 Å². The average molecular weight is 383 g/mol. The molecule has 3 N–H and O–H groups in total. The van der Waals surface area contributed by atoms with Gasteiger partial charge in [0.05, 0.1) is 0 Å². The van der Waals surface area contributed by atoms with Gasteiger partial charge in [-0.3, -0.25) is 25.2 Å². The second kappa shape index (κ2) is 9.55. The lowest BCUT2D eigenvalue weighted by Crippen LogP contribution is -2.47. The summed E-state index contributed by atoms with van der Waals surface area (Å²) in [4.78, 5) is 35.9. The zero-order valence-electron chi connectivity index (χ0n) is 16.4. The first kappa shape index (κ1) is 21.0. The molecule has 2 rings (SSSR count). The maximum atomic E-state index is 12.2. The Hall–Kier alpha value is -3.35. The Morgan fingerprint density at radius 2 is 1.57 bits per heavy atom. The van der Waals surface area contributed by atoms with Crippen LogP contribution in [0.1, 0.15) is 36.7 Å². The number of hydrogen-bond donors (Lipinski definition) is 3. The van der Waals surface area contributed by atoms with E-state index in [9.17, 15) is 14.4 Å². The minimum absolute atomic E-state index is 0.105. The van der Waals surface area contributed by atoms with E-state index < -0.39 is 17.9 Å². The van der Waals surface area contributed by atoms with Crippen LogP contribution < -0.4 is 20.9 Å². The maximum Gasteiger partial charge on any atom is 0.279 e. The molecule has 7 nitrogen and oxygen atoms in total. The van der Waals surface area contributed by atoms with E-state index in [-0.39, 0.29) is 11.8 Å². The molecule has 0 saturated heterocycles. The molecule has 2 aromatic carbocycles. The molecule has 0 bridgehead atoms. The van der Waals surface area contributed by atoms with Gasteiger partial charge in [-0.2, -0.15) is 0 Å². The van der Waals surface area contributed by atoms with Crippen LogP contribution in [0.3, 0.4) is 0 Å². The second-order valence-corrected chi connectivity index (χ2v) is 6.74. The summed E-state index contributed by atoms with van der Waals surface area (Å²) in [6.45, 7) is 7.11. The molecule has 3 amide bonds. The topological polar surface area (TPSA) is 96.5 Å². The molecule has 1 atom stereocenters. The maximum absolute atomic E-state index is 12.2. The highest BCUT2D eigenvalue weighted by Gasteiger charge is 2.16. The SMILES string of the molecule is Cc1cccc(OC(C)C(=O)NNC(=O)c2ccc(NC(=O)C(C)C)cc2)c1. The Morgan fingerprint density at radius 1 is 0.893 bits per heavy atom. The Kier molecular flexibility index (Phi) is 7.14. The van der Waals surface area contributed by atoms with E-state index in [0.29, 0.717) is 17.0 Å². The molecule has 0 heterocycles. The summed E-state index contributed by atoms with van der Waals surface area (Å²) in [5, 5.41) is 2.74. The molecule has 148 valence electrons. The summed E-state index contributed by atoms with van der Waals surface area (Å²) >= 11 is 0. The molecule has 0 aromatic heterocycles. The number of carbonyl (C=O) groups excluding carboxylic acids is 3. The first-order valence-electron chi connectivity index (χ1n) is 9.00. The van der Waals surface area contributed by atoms with E-state index in [0.717, 1.165) is 5.56 Å². The molecular formula is C21H25N3O4. The van der Waals surface area contributed by atoms with E-state index in [4.69, 9.17) is 4.74 Å². The number of aryl methyl sites for hydroxylation is 1. The lowest BCUT2D eigenvalue weighted by molar-refractivity contribution is -0.128. The standard InChI is InChI=1S/C21H25N3O4/c1-13(2)19(25)22-17-10-8-16(9-11-17)21(27)24-23-20(26)15(4)28-18-7-5-6-14(3)12-18/h5-13,15H,1-4H3,(H,22,25)(H,23,26)(H,24,27). The van der Waals surface area contributed by atoms with E-state index >= 15 is 0 Å². The fourth-order valence-electron chi connectivity index (χ4n) is 2.23. The third-order valence-electron chi connectivity index (χ3n) is 3.91. The van der Waals surface area contributed by atoms with Gasteiger partial charge < -0.3 is 10.1 Å². The molecular weight excluding hydrogens is 358 g/mol. The van der Waals surface area contributed by atoms with Gasteiger partial charge in [0.1, 0.15) is 5.75 Å². The van der Waals surface area contributed by atoms with E-state index in [2.05, 4.69) is 16.2 Å². The van der Waals surface area contributed by atoms with Crippen LogP contribution in [0.15, 0.2) is 48.5 Å². The molecule has 2 aromatic rings. The van der Waals surface area contributed by atoms with Gasteiger partial charge in [-0.05, 0) is 55.8 Å². The number of ether oxygens (including phenoxy) is 1. The van der Waals surface area contributed by atoms with Gasteiger partial charge in [-0.1, -0.05) is 26.0 Å². The summed E-state index contributed by atoms with van der Waals surface area (Å²) in [6, 6.07) is 13.7. The summed E-state index contributed by atoms with van der Waals surface area (Å²) < 4.78 is 5.56. The molecule has 0 aliphatic carbocycles. The van der Waals surface area contributed by atoms with Crippen molar-refractivity contribution in [2.75, 3.05) is 5.32 Å². The number of hydrazine groups is 1. The second-order valence-electron chi connectivity index (χ2n) is 6.74. The zero-order valence-corrected chi connectivity index (χ0v) is 16.4. The van der Waals surface area contributed by atoms with E-state index in [1.807, 2.05) is 25.1 Å². The molecule has 0 aliphatic rings. The van der Waals surface area contributed by atoms with Crippen molar-refractivity contribution in [1.29, 1.82) is 0 Å². The number of carbonyl (C=O) groups is 3. The van der Waals surface area contributed by atoms with Crippen molar-refractivity contribution in [3.8, 4) is 5.75 Å². The number of anilines is 1. The van der Waals surface area contributed by atoms with Crippen molar-refractivity contribution >= 4 is 23.4 Å². The van der Waals surface area contributed by atoms with Gasteiger partial charge in [-0.15, -0.1) is 0 Å². The van der Waals surface area contributed by atoms with Crippen molar-refractivity contribution in [3.63, 3.8) is 0 Å². The first-order chi connectivity index (χ1) is 13.3. The van der Waals surface area contributed by atoms with Gasteiger partial charge in [0.2, 0.25) is 5.91 Å². The van der Waals surface area contributed by atoms with Crippen molar-refractivity contribution < 1.29 is 19.1 Å². The minimum Gasteiger partial charge on any atom is -0.481 e. The van der Waals surface area contributed by atoms with Gasteiger partial charge in [0.15, 0.2) is 6.10 Å². The monoisotopic (exact) mass is 383 g/mol. The lowest BCUT2D eigenvalue weighted by atomic mass is 10.1. The third-order valence-corrected chi connectivity index (χ3v) is 3.91. The van der Waals surface area contributed by atoms with Gasteiger partial charge >= 0.3 is 0 Å². The van der Waals surface area contributed by atoms with Crippen molar-refractivity contribution in [3.05, 3.63) is 59.7 Å². The quantitative estimate of drug-likeness (QED) is 0.668. The van der Waals surface area contributed by atoms with Crippen LogP contribution in [0.4, 0.5) is 5.69 Å². The average Bonchev–Trinajstić information content (AvgIpc) is 2.66. The van der Waals surface area contributed by atoms with Gasteiger partial charge in [0.25, 0.3) is 11.8 Å². The molecule has 0 radical (unpaired) electrons. The number of amides is 3. The highest BCUT2D eigenvalue weighted by atomic mass is 16.5. The number of hydrogen-bond acceptors (Lipinski definition) is 4. The number of nitrogens with one attached hydrogen (secondary N) is 3. The van der Waals surface area contributed by atoms with Crippen molar-refractivity contribution in [2.24, 2.45) is 5.92 Å². The molecule has 0 aliphatic heterocycles. The predicted molar refractivity (Wildman–Crippen MR) is 107 cm³/mol. The van der Waals surface area contributed by atoms with Crippen LogP contribution in [0.5, 0.6) is 5.75 Å². The third kappa shape index (κ3) is 6.12. The summed E-state index contributed by atoms with van der Waals surface area (Å²) in [6.07, 6.45) is -0.782. The van der Waals surface area contributed by atoms with Gasteiger partial charge in [0, 0.05) is 17.2 Å². The largest absolute Gasteiger partial charge is 0.481 e. The Morgan fingerprint density at radius 3 is 2.18 bits per heavy atom. The Bertz CT molecular complexity index is 847. The molecule has 0 fully saturated rings.